The van der Waals surface area contributed by atoms with Crippen LogP contribution in [0.2, 0.25) is 0 Å². The molecule has 4 nitrogen and oxygen atoms in total. The maximum absolute atomic E-state index is 10.0. The number of aliphatic hydroxyl groups excluding tert-OH is 1. The SMILES string of the molecule is Cc1cc2c(s1)CCOC21CCN(C2COCC2O)CC1. The fourth-order valence-corrected chi connectivity index (χ4v) is 5.17. The molecule has 4 heterocycles. The second-order valence-electron chi connectivity index (χ2n) is 6.49. The lowest BCUT2D eigenvalue weighted by Gasteiger charge is -2.45. The predicted octanol–water partition coefficient (Wildman–Crippen LogP) is 1.68. The molecule has 0 radical (unpaired) electrons. The Bertz CT molecular complexity index is 522. The molecule has 2 fully saturated rings. The summed E-state index contributed by atoms with van der Waals surface area (Å²) in [5.74, 6) is 0. The molecule has 1 aromatic rings. The van der Waals surface area contributed by atoms with Gasteiger partial charge in [0.05, 0.1) is 37.6 Å². The average molecular weight is 309 g/mol. The molecule has 0 aromatic carbocycles. The summed E-state index contributed by atoms with van der Waals surface area (Å²) in [6.45, 7) is 6.16. The van der Waals surface area contributed by atoms with Crippen molar-refractivity contribution in [2.24, 2.45) is 0 Å². The number of rotatable bonds is 1. The summed E-state index contributed by atoms with van der Waals surface area (Å²) in [7, 11) is 0. The molecular formula is C16H23NO3S. The van der Waals surface area contributed by atoms with E-state index < -0.39 is 0 Å². The first-order valence-corrected chi connectivity index (χ1v) is 8.73. The molecule has 1 aromatic heterocycles. The molecule has 5 heteroatoms. The van der Waals surface area contributed by atoms with Crippen molar-refractivity contribution in [1.82, 2.24) is 4.90 Å². The fraction of sp³-hybridized carbons (Fsp3) is 0.750. The van der Waals surface area contributed by atoms with Gasteiger partial charge >= 0.3 is 0 Å². The molecule has 2 unspecified atom stereocenters. The van der Waals surface area contributed by atoms with E-state index in [4.69, 9.17) is 9.47 Å². The Labute approximate surface area is 129 Å². The lowest BCUT2D eigenvalue weighted by molar-refractivity contribution is -0.106. The number of aryl methyl sites for hydroxylation is 1. The van der Waals surface area contributed by atoms with Crippen molar-refractivity contribution in [2.45, 2.75) is 43.9 Å². The Balaban J connectivity index is 1.52. The van der Waals surface area contributed by atoms with Gasteiger partial charge in [0.25, 0.3) is 0 Å². The van der Waals surface area contributed by atoms with Crippen LogP contribution in [0.4, 0.5) is 0 Å². The average Bonchev–Trinajstić information content (AvgIpc) is 3.06. The molecule has 0 saturated carbocycles. The van der Waals surface area contributed by atoms with E-state index in [1.807, 2.05) is 11.3 Å². The van der Waals surface area contributed by atoms with Crippen molar-refractivity contribution in [3.63, 3.8) is 0 Å². The van der Waals surface area contributed by atoms with Crippen LogP contribution in [0.15, 0.2) is 6.07 Å². The molecule has 1 N–H and O–H groups in total. The van der Waals surface area contributed by atoms with Crippen molar-refractivity contribution in [3.05, 3.63) is 21.4 Å². The van der Waals surface area contributed by atoms with E-state index >= 15 is 0 Å². The number of thiophene rings is 1. The maximum atomic E-state index is 10.0. The Morgan fingerprint density at radius 3 is 2.86 bits per heavy atom. The molecular weight excluding hydrogens is 286 g/mol. The first kappa shape index (κ1) is 14.2. The summed E-state index contributed by atoms with van der Waals surface area (Å²) in [4.78, 5) is 5.31. The number of nitrogens with zero attached hydrogens (tertiary/aromatic N) is 1. The smallest absolute Gasteiger partial charge is 0.0966 e. The summed E-state index contributed by atoms with van der Waals surface area (Å²) < 4.78 is 11.7. The van der Waals surface area contributed by atoms with Gasteiger partial charge < -0.3 is 14.6 Å². The zero-order chi connectivity index (χ0) is 14.4. The van der Waals surface area contributed by atoms with Gasteiger partial charge in [-0.25, -0.2) is 0 Å². The van der Waals surface area contributed by atoms with E-state index in [2.05, 4.69) is 17.9 Å². The molecule has 0 amide bonds. The minimum atomic E-state index is -0.328. The van der Waals surface area contributed by atoms with Crippen LogP contribution < -0.4 is 0 Å². The van der Waals surface area contributed by atoms with E-state index in [-0.39, 0.29) is 17.7 Å². The molecule has 116 valence electrons. The molecule has 21 heavy (non-hydrogen) atoms. The lowest BCUT2D eigenvalue weighted by atomic mass is 9.82. The van der Waals surface area contributed by atoms with E-state index in [1.165, 1.54) is 15.3 Å². The van der Waals surface area contributed by atoms with E-state index in [0.29, 0.717) is 13.2 Å². The van der Waals surface area contributed by atoms with Gasteiger partial charge in [-0.2, -0.15) is 0 Å². The highest BCUT2D eigenvalue weighted by molar-refractivity contribution is 7.12. The summed E-state index contributed by atoms with van der Waals surface area (Å²) >= 11 is 1.93. The summed E-state index contributed by atoms with van der Waals surface area (Å²) in [6.07, 6.45) is 2.79. The van der Waals surface area contributed by atoms with Crippen LogP contribution in [-0.2, 0) is 21.5 Å². The number of piperidine rings is 1. The number of fused-ring (bicyclic) bond motifs is 2. The van der Waals surface area contributed by atoms with Crippen molar-refractivity contribution >= 4 is 11.3 Å². The largest absolute Gasteiger partial charge is 0.389 e. The molecule has 1 spiro atoms. The zero-order valence-electron chi connectivity index (χ0n) is 12.5. The first-order chi connectivity index (χ1) is 10.2. The monoisotopic (exact) mass is 309 g/mol. The van der Waals surface area contributed by atoms with Gasteiger partial charge in [0.15, 0.2) is 0 Å². The van der Waals surface area contributed by atoms with Crippen LogP contribution in [0, 0.1) is 6.92 Å². The topological polar surface area (TPSA) is 41.9 Å². The normalized spacial score (nSPS) is 32.5. The van der Waals surface area contributed by atoms with Crippen LogP contribution in [0.3, 0.4) is 0 Å². The zero-order valence-corrected chi connectivity index (χ0v) is 13.3. The standard InChI is InChI=1S/C16H23NO3S/c1-11-8-12-15(21-11)2-7-20-16(12)3-5-17(6-4-16)13-9-19-10-14(13)18/h8,13-14,18H,2-7,9-10H2,1H3. The number of hydrogen-bond donors (Lipinski definition) is 1. The third-order valence-electron chi connectivity index (χ3n) is 5.23. The van der Waals surface area contributed by atoms with Gasteiger partial charge in [-0.1, -0.05) is 0 Å². The number of likely N-dealkylation sites (tertiary alicyclic amines) is 1. The molecule has 0 bridgehead atoms. The summed E-state index contributed by atoms with van der Waals surface area (Å²) in [5, 5.41) is 10.0. The highest BCUT2D eigenvalue weighted by Gasteiger charge is 2.44. The Morgan fingerprint density at radius 1 is 1.33 bits per heavy atom. The molecule has 3 aliphatic rings. The van der Waals surface area contributed by atoms with Crippen LogP contribution in [0.5, 0.6) is 0 Å². The van der Waals surface area contributed by atoms with Crippen molar-refractivity contribution < 1.29 is 14.6 Å². The Kier molecular flexibility index (Phi) is 3.58. The maximum Gasteiger partial charge on any atom is 0.0966 e. The van der Waals surface area contributed by atoms with Crippen molar-refractivity contribution in [2.75, 3.05) is 32.9 Å². The quantitative estimate of drug-likeness (QED) is 0.857. The van der Waals surface area contributed by atoms with E-state index in [9.17, 15) is 5.11 Å². The van der Waals surface area contributed by atoms with E-state index in [1.54, 1.807) is 0 Å². The van der Waals surface area contributed by atoms with Crippen LogP contribution in [0.25, 0.3) is 0 Å². The predicted molar refractivity (Wildman–Crippen MR) is 81.8 cm³/mol. The molecule has 4 rings (SSSR count). The van der Waals surface area contributed by atoms with Gasteiger partial charge in [-0.3, -0.25) is 4.90 Å². The third kappa shape index (κ3) is 2.35. The van der Waals surface area contributed by atoms with Crippen LogP contribution >= 0.6 is 11.3 Å². The molecule has 2 saturated heterocycles. The van der Waals surface area contributed by atoms with Gasteiger partial charge in [-0.15, -0.1) is 11.3 Å². The second kappa shape index (κ2) is 5.32. The molecule has 0 aliphatic carbocycles. The highest BCUT2D eigenvalue weighted by Crippen LogP contribution is 2.44. The minimum absolute atomic E-state index is 0.0702. The third-order valence-corrected chi connectivity index (χ3v) is 6.34. The number of aliphatic hydroxyl groups is 1. The Morgan fingerprint density at radius 2 is 2.14 bits per heavy atom. The summed E-state index contributed by atoms with van der Waals surface area (Å²) in [6, 6.07) is 2.51. The minimum Gasteiger partial charge on any atom is -0.389 e. The second-order valence-corrected chi connectivity index (χ2v) is 7.84. The fourth-order valence-electron chi connectivity index (χ4n) is 4.06. The number of hydrogen-bond acceptors (Lipinski definition) is 5. The lowest BCUT2D eigenvalue weighted by Crippen LogP contribution is -2.52. The van der Waals surface area contributed by atoms with E-state index in [0.717, 1.165) is 39.0 Å². The van der Waals surface area contributed by atoms with Gasteiger partial charge in [-0.05, 0) is 31.4 Å². The summed E-state index contributed by atoms with van der Waals surface area (Å²) in [5.41, 5.74) is 1.37. The Hall–Kier alpha value is -0.460. The van der Waals surface area contributed by atoms with Crippen molar-refractivity contribution in [3.8, 4) is 0 Å². The van der Waals surface area contributed by atoms with Gasteiger partial charge in [0.2, 0.25) is 0 Å². The highest BCUT2D eigenvalue weighted by atomic mass is 32.1. The van der Waals surface area contributed by atoms with Crippen molar-refractivity contribution in [1.29, 1.82) is 0 Å². The van der Waals surface area contributed by atoms with Crippen LogP contribution in [0.1, 0.15) is 28.2 Å². The van der Waals surface area contributed by atoms with Gasteiger partial charge in [0, 0.05) is 29.3 Å². The molecule has 2 atom stereocenters. The first-order valence-electron chi connectivity index (χ1n) is 7.92. The van der Waals surface area contributed by atoms with Crippen LogP contribution in [-0.4, -0.2) is 55.1 Å². The van der Waals surface area contributed by atoms with Gasteiger partial charge in [0.1, 0.15) is 0 Å². The number of ether oxygens (including phenoxy) is 2. The molecule has 3 aliphatic heterocycles.